The van der Waals surface area contributed by atoms with Gasteiger partial charge in [0.05, 0.1) is 0 Å². The van der Waals surface area contributed by atoms with Gasteiger partial charge in [-0.1, -0.05) is 26.7 Å². The molecule has 1 fully saturated rings. The van der Waals surface area contributed by atoms with E-state index in [0.29, 0.717) is 18.4 Å². The molecule has 0 aliphatic heterocycles. The van der Waals surface area contributed by atoms with Crippen molar-refractivity contribution in [3.05, 3.63) is 0 Å². The average molecular weight is 452 g/mol. The number of carbonyl (C=O) groups excluding carboxylic acids is 1. The maximum atomic E-state index is 11.6. The summed E-state index contributed by atoms with van der Waals surface area (Å²) in [4.78, 5) is 18.1. The number of nitrogens with zero attached hydrogens (tertiary/aromatic N) is 2. The molecule has 142 valence electrons. The molecule has 1 aliphatic rings. The molecular formula is C18H37IN4O. The number of guanidine groups is 1. The first kappa shape index (κ1) is 23.5. The van der Waals surface area contributed by atoms with Crippen molar-refractivity contribution in [2.45, 2.75) is 59.3 Å². The predicted octanol–water partition coefficient (Wildman–Crippen LogP) is 3.24. The number of amides is 1. The zero-order chi connectivity index (χ0) is 17.3. The average Bonchev–Trinajstić information content (AvgIpc) is 2.92. The molecule has 0 radical (unpaired) electrons. The standard InChI is InChI=1S/C18H36N4O.HI/c1-6-19-17(20-12-9-16(23)22(4)5)21-14-18(13-15(2)3)10-7-8-11-18;/h15H,6-14H2,1-5H3,(H2,19,20,21);1H. The van der Waals surface area contributed by atoms with Crippen LogP contribution in [0.4, 0.5) is 0 Å². The lowest BCUT2D eigenvalue weighted by atomic mass is 9.78. The Bertz CT molecular complexity index is 390. The molecule has 5 nitrogen and oxygen atoms in total. The van der Waals surface area contributed by atoms with Crippen molar-refractivity contribution in [2.24, 2.45) is 16.3 Å². The summed E-state index contributed by atoms with van der Waals surface area (Å²) >= 11 is 0. The van der Waals surface area contributed by atoms with Crippen molar-refractivity contribution in [3.63, 3.8) is 0 Å². The van der Waals surface area contributed by atoms with Gasteiger partial charge in [0.2, 0.25) is 5.91 Å². The van der Waals surface area contributed by atoms with Crippen LogP contribution in [-0.4, -0.2) is 50.5 Å². The molecule has 0 aromatic carbocycles. The largest absolute Gasteiger partial charge is 0.357 e. The van der Waals surface area contributed by atoms with Gasteiger partial charge in [0.1, 0.15) is 0 Å². The quantitative estimate of drug-likeness (QED) is 0.338. The molecule has 24 heavy (non-hydrogen) atoms. The van der Waals surface area contributed by atoms with Crippen LogP contribution < -0.4 is 10.6 Å². The number of hydrogen-bond donors (Lipinski definition) is 2. The summed E-state index contributed by atoms with van der Waals surface area (Å²) in [5.74, 6) is 1.70. The van der Waals surface area contributed by atoms with E-state index in [4.69, 9.17) is 4.99 Å². The molecule has 0 spiro atoms. The van der Waals surface area contributed by atoms with E-state index in [-0.39, 0.29) is 29.9 Å². The van der Waals surface area contributed by atoms with Gasteiger partial charge in [-0.2, -0.15) is 0 Å². The van der Waals surface area contributed by atoms with E-state index in [1.165, 1.54) is 32.1 Å². The van der Waals surface area contributed by atoms with Gasteiger partial charge >= 0.3 is 0 Å². The summed E-state index contributed by atoms with van der Waals surface area (Å²) in [5, 5.41) is 6.59. The van der Waals surface area contributed by atoms with Crippen molar-refractivity contribution >= 4 is 35.8 Å². The lowest BCUT2D eigenvalue weighted by Crippen LogP contribution is -2.40. The van der Waals surface area contributed by atoms with Crippen molar-refractivity contribution < 1.29 is 4.79 Å². The van der Waals surface area contributed by atoms with Gasteiger partial charge in [-0.15, -0.1) is 24.0 Å². The van der Waals surface area contributed by atoms with Gasteiger partial charge in [-0.25, -0.2) is 0 Å². The highest BCUT2D eigenvalue weighted by Crippen LogP contribution is 2.43. The third kappa shape index (κ3) is 8.53. The first-order valence-electron chi connectivity index (χ1n) is 9.11. The van der Waals surface area contributed by atoms with Crippen molar-refractivity contribution in [2.75, 3.05) is 33.7 Å². The van der Waals surface area contributed by atoms with Gasteiger partial charge in [0.15, 0.2) is 5.96 Å². The van der Waals surface area contributed by atoms with Gasteiger partial charge in [-0.05, 0) is 37.5 Å². The van der Waals surface area contributed by atoms with E-state index in [1.807, 2.05) is 0 Å². The Morgan fingerprint density at radius 1 is 1.21 bits per heavy atom. The molecule has 1 saturated carbocycles. The number of halogens is 1. The molecule has 0 unspecified atom stereocenters. The molecule has 0 aromatic rings. The lowest BCUT2D eigenvalue weighted by Gasteiger charge is -2.29. The third-order valence-corrected chi connectivity index (χ3v) is 4.55. The molecule has 1 amide bonds. The highest BCUT2D eigenvalue weighted by Gasteiger charge is 2.34. The van der Waals surface area contributed by atoms with E-state index < -0.39 is 0 Å². The number of nitrogens with one attached hydrogen (secondary N) is 2. The molecule has 0 aromatic heterocycles. The van der Waals surface area contributed by atoms with E-state index >= 15 is 0 Å². The molecule has 0 heterocycles. The summed E-state index contributed by atoms with van der Waals surface area (Å²) in [5.41, 5.74) is 0.385. The maximum Gasteiger partial charge on any atom is 0.223 e. The van der Waals surface area contributed by atoms with Gasteiger partial charge in [-0.3, -0.25) is 9.79 Å². The number of hydrogen-bond acceptors (Lipinski definition) is 2. The van der Waals surface area contributed by atoms with Crippen LogP contribution in [0.15, 0.2) is 4.99 Å². The molecule has 0 atom stereocenters. The Morgan fingerprint density at radius 3 is 2.33 bits per heavy atom. The second kappa shape index (κ2) is 11.9. The fraction of sp³-hybridized carbons (Fsp3) is 0.889. The number of aliphatic imine (C=N–C) groups is 1. The third-order valence-electron chi connectivity index (χ3n) is 4.55. The van der Waals surface area contributed by atoms with Crippen LogP contribution in [0.5, 0.6) is 0 Å². The molecule has 2 N–H and O–H groups in total. The minimum Gasteiger partial charge on any atom is -0.357 e. The van der Waals surface area contributed by atoms with Crippen molar-refractivity contribution in [3.8, 4) is 0 Å². The zero-order valence-electron chi connectivity index (χ0n) is 16.2. The fourth-order valence-electron chi connectivity index (χ4n) is 3.52. The van der Waals surface area contributed by atoms with E-state index in [2.05, 4.69) is 31.4 Å². The van der Waals surface area contributed by atoms with Crippen LogP contribution >= 0.6 is 24.0 Å². The van der Waals surface area contributed by atoms with Crippen LogP contribution in [-0.2, 0) is 4.79 Å². The molecule has 1 aliphatic carbocycles. The first-order valence-corrected chi connectivity index (χ1v) is 9.11. The van der Waals surface area contributed by atoms with E-state index in [1.54, 1.807) is 19.0 Å². The zero-order valence-corrected chi connectivity index (χ0v) is 18.5. The second-order valence-electron chi connectivity index (χ2n) is 7.47. The predicted molar refractivity (Wildman–Crippen MR) is 113 cm³/mol. The highest BCUT2D eigenvalue weighted by molar-refractivity contribution is 14.0. The smallest absolute Gasteiger partial charge is 0.223 e. The molecule has 6 heteroatoms. The number of rotatable bonds is 8. The summed E-state index contributed by atoms with van der Waals surface area (Å²) in [6.45, 7) is 9.04. The second-order valence-corrected chi connectivity index (χ2v) is 7.47. The Hall–Kier alpha value is -0.530. The minimum absolute atomic E-state index is 0. The Morgan fingerprint density at radius 2 is 1.83 bits per heavy atom. The SMILES string of the molecule is CCNC(=NCC1(CC(C)C)CCCC1)NCCC(=O)N(C)C.I. The van der Waals surface area contributed by atoms with Crippen LogP contribution in [0.2, 0.25) is 0 Å². The Labute approximate surface area is 165 Å². The summed E-state index contributed by atoms with van der Waals surface area (Å²) < 4.78 is 0. The summed E-state index contributed by atoms with van der Waals surface area (Å²) in [6, 6.07) is 0. The Balaban J connectivity index is 0.00000529. The van der Waals surface area contributed by atoms with Crippen molar-refractivity contribution in [1.82, 2.24) is 15.5 Å². The van der Waals surface area contributed by atoms with Crippen LogP contribution in [0.1, 0.15) is 59.3 Å². The van der Waals surface area contributed by atoms with Crippen LogP contribution in [0, 0.1) is 11.3 Å². The molecule has 0 saturated heterocycles. The molecule has 0 bridgehead atoms. The van der Waals surface area contributed by atoms with Gasteiger partial charge in [0, 0.05) is 40.2 Å². The lowest BCUT2D eigenvalue weighted by molar-refractivity contribution is -0.128. The molecular weight excluding hydrogens is 415 g/mol. The normalized spacial score (nSPS) is 16.7. The highest BCUT2D eigenvalue weighted by atomic mass is 127. The number of carbonyl (C=O) groups is 1. The summed E-state index contributed by atoms with van der Waals surface area (Å²) in [6.07, 6.45) is 7.02. The summed E-state index contributed by atoms with van der Waals surface area (Å²) in [7, 11) is 3.58. The van der Waals surface area contributed by atoms with Crippen LogP contribution in [0.3, 0.4) is 0 Å². The van der Waals surface area contributed by atoms with E-state index in [0.717, 1.165) is 25.0 Å². The van der Waals surface area contributed by atoms with Crippen molar-refractivity contribution in [1.29, 1.82) is 0 Å². The molecule has 1 rings (SSSR count). The maximum absolute atomic E-state index is 11.6. The van der Waals surface area contributed by atoms with E-state index in [9.17, 15) is 4.79 Å². The first-order chi connectivity index (χ1) is 10.9. The minimum atomic E-state index is 0. The van der Waals surface area contributed by atoms with Gasteiger partial charge in [0.25, 0.3) is 0 Å². The fourth-order valence-corrected chi connectivity index (χ4v) is 3.52. The monoisotopic (exact) mass is 452 g/mol. The Kier molecular flexibility index (Phi) is 11.7. The van der Waals surface area contributed by atoms with Gasteiger partial charge < -0.3 is 15.5 Å². The topological polar surface area (TPSA) is 56.7 Å². The van der Waals surface area contributed by atoms with Crippen LogP contribution in [0.25, 0.3) is 0 Å².